The average molecular weight is 337 g/mol. The van der Waals surface area contributed by atoms with Gasteiger partial charge in [0.1, 0.15) is 5.75 Å². The van der Waals surface area contributed by atoms with Crippen molar-refractivity contribution >= 4 is 16.9 Å². The Balaban J connectivity index is 2.16. The molecule has 25 heavy (non-hydrogen) atoms. The van der Waals surface area contributed by atoms with Crippen LogP contribution >= 0.6 is 0 Å². The number of aryl methyl sites for hydroxylation is 1. The van der Waals surface area contributed by atoms with Crippen LogP contribution in [0.4, 0.5) is 0 Å². The van der Waals surface area contributed by atoms with Crippen molar-refractivity contribution < 1.29 is 15.0 Å². The molecule has 0 radical (unpaired) electrons. The molecule has 0 aliphatic carbocycles. The van der Waals surface area contributed by atoms with Gasteiger partial charge in [0.2, 0.25) is 0 Å². The molecule has 3 N–H and O–H groups in total. The zero-order valence-corrected chi connectivity index (χ0v) is 14.8. The number of fused-ring (bicyclic) bond motifs is 1. The predicted octanol–water partition coefficient (Wildman–Crippen LogP) is 4.86. The topological polar surface area (TPSA) is 73.3 Å². The number of carbonyl (C=O) groups is 1. The van der Waals surface area contributed by atoms with E-state index in [1.54, 1.807) is 0 Å². The fraction of sp³-hybridized carbons (Fsp3) is 0.286. The van der Waals surface area contributed by atoms with Gasteiger partial charge in [-0.25, -0.2) is 0 Å². The molecule has 3 aromatic rings. The Morgan fingerprint density at radius 3 is 2.48 bits per heavy atom. The van der Waals surface area contributed by atoms with Crippen LogP contribution in [0.2, 0.25) is 0 Å². The zero-order chi connectivity index (χ0) is 18.2. The summed E-state index contributed by atoms with van der Waals surface area (Å²) in [5.74, 6) is -0.573. The number of aromatic hydroxyl groups is 1. The molecule has 0 amide bonds. The molecule has 1 aromatic heterocycles. The van der Waals surface area contributed by atoms with Gasteiger partial charge in [-0.1, -0.05) is 45.0 Å². The minimum atomic E-state index is -0.822. The normalized spacial score (nSPS) is 11.8. The maximum absolute atomic E-state index is 10.9. The van der Waals surface area contributed by atoms with Gasteiger partial charge in [-0.3, -0.25) is 4.79 Å². The second kappa shape index (κ2) is 6.28. The molecule has 4 nitrogen and oxygen atoms in total. The molecule has 0 unspecified atom stereocenters. The number of H-pyrrole nitrogens is 1. The number of nitrogens with one attached hydrogen (secondary N) is 1. The number of aromatic amines is 1. The monoisotopic (exact) mass is 337 g/mol. The predicted molar refractivity (Wildman–Crippen MR) is 100 cm³/mol. The Bertz CT molecular complexity index is 899. The molecule has 0 bridgehead atoms. The molecule has 0 atom stereocenters. The third-order valence-corrected chi connectivity index (χ3v) is 4.43. The molecule has 0 saturated heterocycles. The van der Waals surface area contributed by atoms with Crippen LogP contribution in [0.15, 0.2) is 42.5 Å². The Kier molecular flexibility index (Phi) is 4.29. The van der Waals surface area contributed by atoms with E-state index < -0.39 is 5.97 Å². The maximum Gasteiger partial charge on any atom is 0.303 e. The molecule has 2 aromatic carbocycles. The number of rotatable bonds is 4. The number of carboxylic acids is 1. The number of hydrogen-bond acceptors (Lipinski definition) is 2. The SMILES string of the molecule is CC(C)(C)c1cc(CCC(=O)O)cc(-c2cc3ccccc3[nH]2)c1O. The van der Waals surface area contributed by atoms with Crippen LogP contribution in [-0.4, -0.2) is 21.2 Å². The summed E-state index contributed by atoms with van der Waals surface area (Å²) in [5, 5.41) is 20.9. The first-order valence-electron chi connectivity index (χ1n) is 8.42. The summed E-state index contributed by atoms with van der Waals surface area (Å²) in [5.41, 5.74) is 4.04. The maximum atomic E-state index is 10.9. The highest BCUT2D eigenvalue weighted by atomic mass is 16.4. The lowest BCUT2D eigenvalue weighted by Crippen LogP contribution is -2.12. The Morgan fingerprint density at radius 2 is 1.84 bits per heavy atom. The first-order chi connectivity index (χ1) is 11.8. The number of aromatic nitrogens is 1. The van der Waals surface area contributed by atoms with Crippen molar-refractivity contribution in [1.29, 1.82) is 0 Å². The number of aliphatic carboxylic acids is 1. The molecule has 3 rings (SSSR count). The molecule has 1 heterocycles. The van der Waals surface area contributed by atoms with Gasteiger partial charge in [0.15, 0.2) is 0 Å². The number of hydrogen-bond donors (Lipinski definition) is 3. The fourth-order valence-electron chi connectivity index (χ4n) is 3.09. The first kappa shape index (κ1) is 17.1. The minimum Gasteiger partial charge on any atom is -0.507 e. The van der Waals surface area contributed by atoms with Crippen LogP contribution in [0.25, 0.3) is 22.2 Å². The van der Waals surface area contributed by atoms with Crippen molar-refractivity contribution in [3.63, 3.8) is 0 Å². The first-order valence-corrected chi connectivity index (χ1v) is 8.42. The molecule has 0 saturated carbocycles. The largest absolute Gasteiger partial charge is 0.507 e. The van der Waals surface area contributed by atoms with Crippen LogP contribution in [0.5, 0.6) is 5.75 Å². The Hall–Kier alpha value is -2.75. The van der Waals surface area contributed by atoms with Crippen molar-refractivity contribution in [3.05, 3.63) is 53.6 Å². The molecule has 0 aliphatic rings. The molecular formula is C21H23NO3. The molecule has 0 spiro atoms. The highest BCUT2D eigenvalue weighted by Gasteiger charge is 2.22. The summed E-state index contributed by atoms with van der Waals surface area (Å²) in [6.45, 7) is 6.12. The Morgan fingerprint density at radius 1 is 1.12 bits per heavy atom. The second-order valence-corrected chi connectivity index (χ2v) is 7.45. The third kappa shape index (κ3) is 3.53. The van der Waals surface area contributed by atoms with Gasteiger partial charge >= 0.3 is 5.97 Å². The average Bonchev–Trinajstić information content (AvgIpc) is 2.96. The van der Waals surface area contributed by atoms with Crippen LogP contribution < -0.4 is 0 Å². The highest BCUT2D eigenvalue weighted by molar-refractivity contribution is 5.87. The van der Waals surface area contributed by atoms with Crippen LogP contribution in [0, 0.1) is 0 Å². The van der Waals surface area contributed by atoms with E-state index in [9.17, 15) is 9.90 Å². The van der Waals surface area contributed by atoms with E-state index in [0.717, 1.165) is 27.7 Å². The highest BCUT2D eigenvalue weighted by Crippen LogP contribution is 2.40. The number of benzene rings is 2. The van der Waals surface area contributed by atoms with E-state index in [1.165, 1.54) is 0 Å². The number of carboxylic acid groups (broad SMARTS) is 1. The number of para-hydroxylation sites is 1. The van der Waals surface area contributed by atoms with Crippen molar-refractivity contribution in [2.45, 2.75) is 39.0 Å². The molecular weight excluding hydrogens is 314 g/mol. The van der Waals surface area contributed by atoms with Gasteiger partial charge in [-0.05, 0) is 35.6 Å². The summed E-state index contributed by atoms with van der Waals surface area (Å²) in [7, 11) is 0. The van der Waals surface area contributed by atoms with E-state index in [1.807, 2.05) is 63.2 Å². The Labute approximate surface area is 147 Å². The van der Waals surface area contributed by atoms with E-state index in [2.05, 4.69) is 4.98 Å². The quantitative estimate of drug-likeness (QED) is 0.637. The van der Waals surface area contributed by atoms with Crippen LogP contribution in [-0.2, 0) is 16.6 Å². The van der Waals surface area contributed by atoms with E-state index >= 15 is 0 Å². The lowest BCUT2D eigenvalue weighted by molar-refractivity contribution is -0.136. The van der Waals surface area contributed by atoms with Gasteiger partial charge in [-0.2, -0.15) is 0 Å². The third-order valence-electron chi connectivity index (χ3n) is 4.43. The van der Waals surface area contributed by atoms with E-state index in [0.29, 0.717) is 12.0 Å². The molecule has 4 heteroatoms. The van der Waals surface area contributed by atoms with E-state index in [-0.39, 0.29) is 17.6 Å². The minimum absolute atomic E-state index is 0.0699. The van der Waals surface area contributed by atoms with Crippen molar-refractivity contribution in [3.8, 4) is 17.0 Å². The van der Waals surface area contributed by atoms with Crippen LogP contribution in [0.3, 0.4) is 0 Å². The summed E-state index contributed by atoms with van der Waals surface area (Å²) < 4.78 is 0. The summed E-state index contributed by atoms with van der Waals surface area (Å²) in [4.78, 5) is 14.3. The van der Waals surface area contributed by atoms with Crippen molar-refractivity contribution in [2.75, 3.05) is 0 Å². The lowest BCUT2D eigenvalue weighted by atomic mass is 9.83. The van der Waals surface area contributed by atoms with Crippen LogP contribution in [0.1, 0.15) is 38.3 Å². The summed E-state index contributed by atoms with van der Waals surface area (Å²) in [6, 6.07) is 13.8. The zero-order valence-electron chi connectivity index (χ0n) is 14.8. The molecule has 0 fully saturated rings. The summed E-state index contributed by atoms with van der Waals surface area (Å²) >= 11 is 0. The second-order valence-electron chi connectivity index (χ2n) is 7.45. The van der Waals surface area contributed by atoms with Crippen molar-refractivity contribution in [2.24, 2.45) is 0 Å². The molecule has 0 aliphatic heterocycles. The molecule has 130 valence electrons. The van der Waals surface area contributed by atoms with Gasteiger partial charge in [0, 0.05) is 28.5 Å². The summed E-state index contributed by atoms with van der Waals surface area (Å²) in [6.07, 6.45) is 0.506. The standard InChI is InChI=1S/C21H23NO3/c1-21(2,3)16-11-13(8-9-19(23)24)10-15(20(16)25)18-12-14-6-4-5-7-17(14)22-18/h4-7,10-12,22,25H,8-9H2,1-3H3,(H,23,24). The number of phenols is 1. The number of phenolic OH excluding ortho intramolecular Hbond substituents is 1. The van der Waals surface area contributed by atoms with Gasteiger partial charge in [0.05, 0.1) is 5.69 Å². The fourth-order valence-corrected chi connectivity index (χ4v) is 3.09. The van der Waals surface area contributed by atoms with E-state index in [4.69, 9.17) is 5.11 Å². The van der Waals surface area contributed by atoms with Gasteiger partial charge in [0.25, 0.3) is 0 Å². The van der Waals surface area contributed by atoms with Gasteiger partial charge in [-0.15, -0.1) is 0 Å². The van der Waals surface area contributed by atoms with Crippen molar-refractivity contribution in [1.82, 2.24) is 4.98 Å². The lowest BCUT2D eigenvalue weighted by Gasteiger charge is -2.23. The van der Waals surface area contributed by atoms with Gasteiger partial charge < -0.3 is 15.2 Å². The smallest absolute Gasteiger partial charge is 0.303 e.